The van der Waals surface area contributed by atoms with Gasteiger partial charge in [-0.2, -0.15) is 0 Å². The van der Waals surface area contributed by atoms with Crippen LogP contribution in [0, 0.1) is 5.92 Å². The molecule has 0 aromatic heterocycles. The molecular weight excluding hydrogens is 687 g/mol. The van der Waals surface area contributed by atoms with Gasteiger partial charge in [-0.3, -0.25) is 0 Å². The molecule has 27 heavy (non-hydrogen) atoms. The quantitative estimate of drug-likeness (QED) is 0.157. The monoisotopic (exact) mass is 710 g/mol. The van der Waals surface area contributed by atoms with Crippen molar-refractivity contribution in [3.63, 3.8) is 0 Å². The van der Waals surface area contributed by atoms with E-state index in [0.717, 1.165) is 12.1 Å². The van der Waals surface area contributed by atoms with Crippen LogP contribution in [-0.4, -0.2) is 26.3 Å². The van der Waals surface area contributed by atoms with E-state index in [4.69, 9.17) is 4.74 Å². The van der Waals surface area contributed by atoms with Gasteiger partial charge in [0.15, 0.2) is 0 Å². The lowest BCUT2D eigenvalue weighted by molar-refractivity contribution is -0.688. The lowest BCUT2D eigenvalue weighted by Crippen LogP contribution is -3.00. The van der Waals surface area contributed by atoms with Crippen LogP contribution >= 0.6 is 22.6 Å². The number of halogens is 3. The number of rotatable bonds is 8. The lowest BCUT2D eigenvalue weighted by atomic mass is 10.0. The third-order valence-corrected chi connectivity index (χ3v) is 5.01. The Morgan fingerprint density at radius 2 is 1.56 bits per heavy atom. The molecule has 0 aliphatic carbocycles. The van der Waals surface area contributed by atoms with Crippen molar-refractivity contribution in [1.82, 2.24) is 0 Å². The van der Waals surface area contributed by atoms with E-state index < -0.39 is 9.51 Å². The van der Waals surface area contributed by atoms with E-state index in [-0.39, 0.29) is 53.7 Å². The summed E-state index contributed by atoms with van der Waals surface area (Å²) in [6.45, 7) is 4.91. The van der Waals surface area contributed by atoms with Gasteiger partial charge in [-0.05, 0) is 42.0 Å². The molecule has 150 valence electrons. The first kappa shape index (κ1) is 26.7. The number of ether oxygens (including phenoxy) is 1. The Bertz CT molecular complexity index is 708. The van der Waals surface area contributed by atoms with E-state index >= 15 is 0 Å². The van der Waals surface area contributed by atoms with Crippen LogP contribution in [0.15, 0.2) is 48.5 Å². The van der Waals surface area contributed by atoms with E-state index in [1.807, 2.05) is 52.2 Å². The van der Waals surface area contributed by atoms with Crippen LogP contribution in [0.3, 0.4) is 0 Å². The van der Waals surface area contributed by atoms with Crippen LogP contribution in [0.5, 0.6) is 17.2 Å². The Morgan fingerprint density at radius 3 is 2.00 bits per heavy atom. The van der Waals surface area contributed by atoms with Gasteiger partial charge in [0.2, 0.25) is 3.55 Å². The second-order valence-electron chi connectivity index (χ2n) is 6.42. The molecule has 2 rings (SSSR count). The van der Waals surface area contributed by atoms with Crippen molar-refractivity contribution >= 4 is 28.6 Å². The Kier molecular flexibility index (Phi) is 12.1. The molecule has 1 atom stereocenters. The number of carboxylic acid groups (broad SMARTS) is 1. The van der Waals surface area contributed by atoms with Crippen LogP contribution in [0.2, 0.25) is 0 Å². The van der Waals surface area contributed by atoms with E-state index in [2.05, 4.69) is 13.8 Å². The van der Waals surface area contributed by atoms with Crippen molar-refractivity contribution in [2.24, 2.45) is 5.92 Å². The summed E-state index contributed by atoms with van der Waals surface area (Å²) in [5.41, 5.74) is 0.940. The SMILES string of the molecule is CC(C)C[NH2+][C@@](I)(Cc1ccc(Oc2ccc(O)cc2)cc1)C(=O)O.[I-].[I-]. The van der Waals surface area contributed by atoms with Gasteiger partial charge in [-0.25, -0.2) is 4.79 Å². The minimum atomic E-state index is -0.915. The minimum absolute atomic E-state index is 0. The van der Waals surface area contributed by atoms with E-state index in [9.17, 15) is 15.0 Å². The molecule has 8 heteroatoms. The maximum absolute atomic E-state index is 11.7. The molecule has 0 amide bonds. The molecule has 0 aliphatic rings. The maximum Gasteiger partial charge on any atom is 0.376 e. The number of benzene rings is 2. The standard InChI is InChI=1S/C19H22INO4.2HI/c1-13(2)12-21-19(20,18(23)24)11-14-3-7-16(8-4-14)25-17-9-5-15(22)6-10-17;;/h3-10,13,21-22H,11-12H2,1-2H3,(H,23,24);2*1H/p-1/t19-;;/m0../s1. The average Bonchev–Trinajstić information content (AvgIpc) is 2.57. The highest BCUT2D eigenvalue weighted by atomic mass is 127. The topological polar surface area (TPSA) is 83.4 Å². The summed E-state index contributed by atoms with van der Waals surface area (Å²) in [4.78, 5) is 11.7. The fourth-order valence-corrected chi connectivity index (χ4v) is 2.97. The highest BCUT2D eigenvalue weighted by Crippen LogP contribution is 2.25. The highest BCUT2D eigenvalue weighted by Gasteiger charge is 2.39. The minimum Gasteiger partial charge on any atom is -1.00 e. The highest BCUT2D eigenvalue weighted by molar-refractivity contribution is 14.1. The van der Waals surface area contributed by atoms with Crippen LogP contribution in [0.25, 0.3) is 0 Å². The van der Waals surface area contributed by atoms with Crippen molar-refractivity contribution in [2.75, 3.05) is 6.54 Å². The summed E-state index contributed by atoms with van der Waals surface area (Å²) in [7, 11) is 0. The first-order chi connectivity index (χ1) is 11.8. The molecule has 0 saturated heterocycles. The number of aliphatic carboxylic acids is 1. The van der Waals surface area contributed by atoms with Crippen molar-refractivity contribution in [3.05, 3.63) is 54.1 Å². The van der Waals surface area contributed by atoms with Crippen molar-refractivity contribution in [1.29, 1.82) is 0 Å². The molecule has 0 heterocycles. The number of hydrogen-bond acceptors (Lipinski definition) is 3. The van der Waals surface area contributed by atoms with Gasteiger partial charge >= 0.3 is 5.97 Å². The van der Waals surface area contributed by atoms with E-state index in [1.165, 1.54) is 0 Å². The summed E-state index contributed by atoms with van der Waals surface area (Å²) in [5.74, 6) is 1.08. The fraction of sp³-hybridized carbons (Fsp3) is 0.316. The number of phenols is 1. The van der Waals surface area contributed by atoms with Crippen LogP contribution in [-0.2, 0) is 11.2 Å². The van der Waals surface area contributed by atoms with Gasteiger partial charge in [0, 0.05) is 34.9 Å². The van der Waals surface area contributed by atoms with Gasteiger partial charge in [0.05, 0.1) is 6.54 Å². The Hall–Kier alpha value is -0.340. The molecule has 0 saturated carbocycles. The number of carboxylic acids is 1. The molecular formula is C19H23I3NO4-. The number of aromatic hydroxyl groups is 1. The number of quaternary nitrogens is 1. The number of alkyl halides is 1. The summed E-state index contributed by atoms with van der Waals surface area (Å²) < 4.78 is 4.79. The Morgan fingerprint density at radius 1 is 1.07 bits per heavy atom. The molecule has 2 aromatic rings. The third kappa shape index (κ3) is 8.69. The number of hydrogen-bond donors (Lipinski definition) is 3. The van der Waals surface area contributed by atoms with Crippen molar-refractivity contribution in [2.45, 2.75) is 23.8 Å². The number of carbonyl (C=O) groups is 1. The van der Waals surface area contributed by atoms with E-state index in [1.54, 1.807) is 24.3 Å². The van der Waals surface area contributed by atoms with Gasteiger partial charge in [0.25, 0.3) is 0 Å². The van der Waals surface area contributed by atoms with Crippen LogP contribution in [0.4, 0.5) is 0 Å². The number of nitrogens with two attached hydrogens (primary N) is 1. The van der Waals surface area contributed by atoms with Gasteiger partial charge < -0.3 is 68.2 Å². The molecule has 0 radical (unpaired) electrons. The fourth-order valence-electron chi connectivity index (χ4n) is 2.28. The zero-order chi connectivity index (χ0) is 18.4. The predicted octanol–water partition coefficient (Wildman–Crippen LogP) is -2.83. The van der Waals surface area contributed by atoms with E-state index in [0.29, 0.717) is 23.8 Å². The molecule has 2 aromatic carbocycles. The number of phenolic OH excluding ortho intramolecular Hbond substituents is 1. The van der Waals surface area contributed by atoms with Gasteiger partial charge in [-0.1, -0.05) is 26.0 Å². The molecule has 5 nitrogen and oxygen atoms in total. The smallest absolute Gasteiger partial charge is 0.376 e. The van der Waals surface area contributed by atoms with Crippen LogP contribution < -0.4 is 58.0 Å². The molecule has 4 N–H and O–H groups in total. The Balaban J connectivity index is 0.00000338. The van der Waals surface area contributed by atoms with Gasteiger partial charge in [0.1, 0.15) is 17.2 Å². The lowest BCUT2D eigenvalue weighted by Gasteiger charge is -2.22. The summed E-state index contributed by atoms with van der Waals surface area (Å²) in [6.07, 6.45) is 0.426. The molecule has 0 aliphatic heterocycles. The zero-order valence-electron chi connectivity index (χ0n) is 15.0. The second kappa shape index (κ2) is 12.3. The molecule has 0 spiro atoms. The Labute approximate surface area is 207 Å². The van der Waals surface area contributed by atoms with Crippen molar-refractivity contribution in [3.8, 4) is 17.2 Å². The summed E-state index contributed by atoms with van der Waals surface area (Å²) >= 11 is 2.02. The first-order valence-electron chi connectivity index (χ1n) is 8.11. The molecule has 0 bridgehead atoms. The largest absolute Gasteiger partial charge is 1.00 e. The second-order valence-corrected chi connectivity index (χ2v) is 8.34. The first-order valence-corrected chi connectivity index (χ1v) is 9.19. The zero-order valence-corrected chi connectivity index (χ0v) is 21.5. The third-order valence-electron chi connectivity index (χ3n) is 3.73. The average molecular weight is 710 g/mol. The molecule has 0 unspecified atom stereocenters. The van der Waals surface area contributed by atoms with Crippen molar-refractivity contribution < 1.29 is 73.0 Å². The molecule has 0 fully saturated rings. The van der Waals surface area contributed by atoms with Gasteiger partial charge in [-0.15, -0.1) is 0 Å². The summed E-state index contributed by atoms with van der Waals surface area (Å²) in [5, 5.41) is 20.8. The predicted molar refractivity (Wildman–Crippen MR) is 104 cm³/mol. The maximum atomic E-state index is 11.7. The summed E-state index contributed by atoms with van der Waals surface area (Å²) in [6, 6.07) is 13.9. The normalized spacial score (nSPS) is 12.4. The van der Waals surface area contributed by atoms with Crippen LogP contribution in [0.1, 0.15) is 19.4 Å².